The smallest absolute Gasteiger partial charge is 0.231 e. The first-order valence-corrected chi connectivity index (χ1v) is 8.54. The highest BCUT2D eigenvalue weighted by Crippen LogP contribution is 2.32. The van der Waals surface area contributed by atoms with Crippen molar-refractivity contribution in [1.29, 1.82) is 0 Å². The van der Waals surface area contributed by atoms with Crippen LogP contribution in [0.4, 0.5) is 0 Å². The average molecular weight is 362 g/mol. The van der Waals surface area contributed by atoms with E-state index in [9.17, 15) is 4.79 Å². The van der Waals surface area contributed by atoms with Crippen LogP contribution in [0, 0.1) is 5.92 Å². The molecule has 0 aliphatic carbocycles. The van der Waals surface area contributed by atoms with Gasteiger partial charge in [-0.05, 0) is 34.3 Å². The van der Waals surface area contributed by atoms with Crippen LogP contribution in [-0.2, 0) is 4.79 Å². The monoisotopic (exact) mass is 361 g/mol. The van der Waals surface area contributed by atoms with Crippen molar-refractivity contribution < 1.29 is 4.79 Å². The van der Waals surface area contributed by atoms with Gasteiger partial charge in [0.05, 0.1) is 12.6 Å². The van der Waals surface area contributed by atoms with E-state index in [0.29, 0.717) is 5.92 Å². The lowest BCUT2D eigenvalue weighted by Crippen LogP contribution is -2.45. The Labute approximate surface area is 133 Å². The van der Waals surface area contributed by atoms with Crippen LogP contribution in [0.25, 0.3) is 0 Å². The van der Waals surface area contributed by atoms with Crippen LogP contribution >= 0.6 is 27.3 Å². The van der Waals surface area contributed by atoms with E-state index in [4.69, 9.17) is 11.5 Å². The van der Waals surface area contributed by atoms with Gasteiger partial charge >= 0.3 is 0 Å². The van der Waals surface area contributed by atoms with Crippen molar-refractivity contribution in [3.63, 3.8) is 0 Å². The number of primary amides is 1. The first kappa shape index (κ1) is 17.6. The third-order valence-corrected chi connectivity index (χ3v) is 4.87. The van der Waals surface area contributed by atoms with Crippen molar-refractivity contribution in [2.75, 3.05) is 13.1 Å². The highest BCUT2D eigenvalue weighted by Gasteiger charge is 2.28. The topological polar surface area (TPSA) is 72.3 Å². The Morgan fingerprint density at radius 3 is 2.55 bits per heavy atom. The predicted molar refractivity (Wildman–Crippen MR) is 88.6 cm³/mol. The summed E-state index contributed by atoms with van der Waals surface area (Å²) in [5.41, 5.74) is 11.7. The number of thiophene rings is 1. The molecule has 0 aliphatic rings. The van der Waals surface area contributed by atoms with Gasteiger partial charge in [0.1, 0.15) is 0 Å². The van der Waals surface area contributed by atoms with E-state index < -0.39 is 0 Å². The van der Waals surface area contributed by atoms with Gasteiger partial charge in [0.15, 0.2) is 0 Å². The summed E-state index contributed by atoms with van der Waals surface area (Å²) in [4.78, 5) is 14.7. The summed E-state index contributed by atoms with van der Waals surface area (Å²) < 4.78 is 1.05. The van der Waals surface area contributed by atoms with Crippen molar-refractivity contribution in [1.82, 2.24) is 4.90 Å². The summed E-state index contributed by atoms with van der Waals surface area (Å²) >= 11 is 5.14. The Morgan fingerprint density at radius 2 is 2.15 bits per heavy atom. The van der Waals surface area contributed by atoms with Crippen LogP contribution in [0.3, 0.4) is 0 Å². The van der Waals surface area contributed by atoms with E-state index in [1.54, 1.807) is 11.3 Å². The van der Waals surface area contributed by atoms with Gasteiger partial charge in [-0.15, -0.1) is 11.3 Å². The summed E-state index contributed by atoms with van der Waals surface area (Å²) in [7, 11) is 0. The molecule has 0 aliphatic heterocycles. The van der Waals surface area contributed by atoms with Crippen molar-refractivity contribution >= 4 is 33.2 Å². The van der Waals surface area contributed by atoms with Crippen molar-refractivity contribution in [3.05, 3.63) is 20.8 Å². The molecule has 114 valence electrons. The molecule has 0 bridgehead atoms. The van der Waals surface area contributed by atoms with E-state index in [1.807, 2.05) is 5.38 Å². The normalized spacial score (nSPS) is 14.8. The molecule has 0 radical (unpaired) electrons. The molecule has 4 N–H and O–H groups in total. The van der Waals surface area contributed by atoms with E-state index >= 15 is 0 Å². The molecule has 4 nitrogen and oxygen atoms in total. The number of rotatable bonds is 8. The molecular weight excluding hydrogens is 338 g/mol. The number of carbonyl (C=O) groups excluding carboxylic acids is 1. The molecule has 0 aromatic carbocycles. The van der Waals surface area contributed by atoms with Crippen LogP contribution in [0.2, 0.25) is 0 Å². The Kier molecular flexibility index (Phi) is 7.15. The number of carbonyl (C=O) groups is 1. The van der Waals surface area contributed by atoms with Gasteiger partial charge in [0.25, 0.3) is 0 Å². The summed E-state index contributed by atoms with van der Waals surface area (Å²) in [6.07, 6.45) is 0.855. The minimum atomic E-state index is -0.311. The zero-order valence-electron chi connectivity index (χ0n) is 12.3. The molecule has 1 amide bonds. The van der Waals surface area contributed by atoms with Crippen molar-refractivity contribution in [2.45, 2.75) is 39.3 Å². The van der Waals surface area contributed by atoms with Crippen LogP contribution in [0.1, 0.15) is 38.1 Å². The van der Waals surface area contributed by atoms with Crippen LogP contribution in [-0.4, -0.2) is 29.9 Å². The van der Waals surface area contributed by atoms with Crippen LogP contribution in [0.5, 0.6) is 0 Å². The third kappa shape index (κ3) is 5.16. The van der Waals surface area contributed by atoms with Gasteiger partial charge in [-0.25, -0.2) is 0 Å². The molecular formula is C14H24BrN3OS. The summed E-state index contributed by atoms with van der Waals surface area (Å²) in [5, 5.41) is 2.04. The second-order valence-corrected chi connectivity index (χ2v) is 7.33. The summed E-state index contributed by atoms with van der Waals surface area (Å²) in [5.74, 6) is 0.138. The molecule has 2 atom stereocenters. The molecule has 0 saturated carbocycles. The maximum atomic E-state index is 11.4. The lowest BCUT2D eigenvalue weighted by atomic mass is 10.0. The van der Waals surface area contributed by atoms with Crippen molar-refractivity contribution in [3.8, 4) is 0 Å². The van der Waals surface area contributed by atoms with Crippen LogP contribution < -0.4 is 11.5 Å². The zero-order chi connectivity index (χ0) is 15.3. The second-order valence-electron chi connectivity index (χ2n) is 5.47. The first-order valence-electron chi connectivity index (χ1n) is 6.87. The number of nitrogens with zero attached hydrogens (tertiary/aromatic N) is 1. The van der Waals surface area contributed by atoms with Gasteiger partial charge in [0.2, 0.25) is 5.91 Å². The highest BCUT2D eigenvalue weighted by atomic mass is 79.9. The Bertz CT molecular complexity index is 436. The van der Waals surface area contributed by atoms with E-state index in [0.717, 1.165) is 17.4 Å². The third-order valence-electron chi connectivity index (χ3n) is 3.11. The van der Waals surface area contributed by atoms with Gasteiger partial charge in [-0.3, -0.25) is 9.69 Å². The van der Waals surface area contributed by atoms with Gasteiger partial charge in [0, 0.05) is 27.3 Å². The Morgan fingerprint density at radius 1 is 1.50 bits per heavy atom. The predicted octanol–water partition coefficient (Wildman–Crippen LogP) is 2.73. The number of hydrogen-bond donors (Lipinski definition) is 2. The van der Waals surface area contributed by atoms with Crippen molar-refractivity contribution in [2.24, 2.45) is 17.4 Å². The number of halogens is 1. The lowest BCUT2D eigenvalue weighted by Gasteiger charge is -2.35. The second kappa shape index (κ2) is 8.12. The van der Waals surface area contributed by atoms with E-state index in [-0.39, 0.29) is 24.5 Å². The summed E-state index contributed by atoms with van der Waals surface area (Å²) in [6.45, 7) is 7.38. The fourth-order valence-electron chi connectivity index (χ4n) is 2.31. The van der Waals surface area contributed by atoms with Gasteiger partial charge in [-0.1, -0.05) is 20.8 Å². The number of hydrogen-bond acceptors (Lipinski definition) is 4. The number of nitrogens with two attached hydrogens (primary N) is 2. The molecule has 20 heavy (non-hydrogen) atoms. The minimum Gasteiger partial charge on any atom is -0.369 e. The quantitative estimate of drug-likeness (QED) is 0.747. The fourth-order valence-corrected chi connectivity index (χ4v) is 3.97. The molecule has 1 heterocycles. The minimum absolute atomic E-state index is 0.0151. The maximum absolute atomic E-state index is 11.4. The molecule has 6 heteroatoms. The first-order chi connectivity index (χ1) is 9.35. The molecule has 2 unspecified atom stereocenters. The molecule has 0 spiro atoms. The highest BCUT2D eigenvalue weighted by molar-refractivity contribution is 9.10. The van der Waals surface area contributed by atoms with Gasteiger partial charge < -0.3 is 11.5 Å². The standard InChI is InChI=1S/C14H24BrN3OS/c1-4-11(16)14(12-5-10(15)8-20-12)18(6-9(2)3)7-13(17)19/h5,8-9,11,14H,4,6-7,16H2,1-3H3,(H2,17,19). The SMILES string of the molecule is CCC(N)C(c1cc(Br)cs1)N(CC(N)=O)CC(C)C. The largest absolute Gasteiger partial charge is 0.369 e. The average Bonchev–Trinajstić information content (AvgIpc) is 2.74. The Hall–Kier alpha value is -0.430. The molecule has 1 rings (SSSR count). The molecule has 0 saturated heterocycles. The maximum Gasteiger partial charge on any atom is 0.231 e. The van der Waals surface area contributed by atoms with Gasteiger partial charge in [-0.2, -0.15) is 0 Å². The molecule has 1 aromatic rings. The summed E-state index contributed by atoms with van der Waals surface area (Å²) in [6, 6.07) is 2.10. The van der Waals surface area contributed by atoms with E-state index in [2.05, 4.69) is 47.7 Å². The number of amides is 1. The Balaban J connectivity index is 3.06. The molecule has 0 fully saturated rings. The van der Waals surface area contributed by atoms with E-state index in [1.165, 1.54) is 4.88 Å². The fraction of sp³-hybridized carbons (Fsp3) is 0.643. The zero-order valence-corrected chi connectivity index (χ0v) is 14.7. The van der Waals surface area contributed by atoms with Crippen LogP contribution in [0.15, 0.2) is 15.9 Å². The lowest BCUT2D eigenvalue weighted by molar-refractivity contribution is -0.120. The molecule has 1 aromatic heterocycles.